The quantitative estimate of drug-likeness (QED) is 0.423. The number of hydrogen-bond acceptors (Lipinski definition) is 3. The standard InChI is InChI=1S/C27H26FN3O/c28-26-9-5-4-8-25(26)27-23(14-15-30-16-18-32-19-17-30)20-29-31(27)24-12-10-22(11-13-24)21-6-2-1-3-7-21/h1-13,20H,14-19H2. The first-order valence-corrected chi connectivity index (χ1v) is 11.1. The topological polar surface area (TPSA) is 30.3 Å². The lowest BCUT2D eigenvalue weighted by molar-refractivity contribution is 0.0384. The van der Waals surface area contributed by atoms with E-state index in [2.05, 4.69) is 34.3 Å². The summed E-state index contributed by atoms with van der Waals surface area (Å²) in [7, 11) is 0. The Hall–Kier alpha value is -3.28. The summed E-state index contributed by atoms with van der Waals surface area (Å²) in [4.78, 5) is 2.39. The summed E-state index contributed by atoms with van der Waals surface area (Å²) >= 11 is 0. The van der Waals surface area contributed by atoms with Crippen molar-refractivity contribution < 1.29 is 9.13 Å². The van der Waals surface area contributed by atoms with Gasteiger partial charge in [0.05, 0.1) is 30.8 Å². The number of rotatable bonds is 6. The van der Waals surface area contributed by atoms with Crippen LogP contribution in [0, 0.1) is 5.82 Å². The maximum atomic E-state index is 14.8. The molecule has 0 aliphatic carbocycles. The van der Waals surface area contributed by atoms with E-state index in [4.69, 9.17) is 4.74 Å². The minimum Gasteiger partial charge on any atom is -0.379 e. The van der Waals surface area contributed by atoms with Gasteiger partial charge in [-0.05, 0) is 47.4 Å². The van der Waals surface area contributed by atoms with Gasteiger partial charge >= 0.3 is 0 Å². The lowest BCUT2D eigenvalue weighted by atomic mass is 10.0. The van der Waals surface area contributed by atoms with Gasteiger partial charge in [-0.25, -0.2) is 9.07 Å². The molecule has 5 heteroatoms. The van der Waals surface area contributed by atoms with Crippen molar-refractivity contribution in [3.63, 3.8) is 0 Å². The first-order chi connectivity index (χ1) is 15.8. The van der Waals surface area contributed by atoms with E-state index in [0.29, 0.717) is 5.56 Å². The van der Waals surface area contributed by atoms with Crippen LogP contribution in [0.15, 0.2) is 85.1 Å². The molecule has 1 fully saturated rings. The number of aromatic nitrogens is 2. The van der Waals surface area contributed by atoms with E-state index in [1.54, 1.807) is 6.07 Å². The van der Waals surface area contributed by atoms with Crippen molar-refractivity contribution in [2.24, 2.45) is 0 Å². The summed E-state index contributed by atoms with van der Waals surface area (Å²) < 4.78 is 22.2. The Morgan fingerprint density at radius 1 is 0.812 bits per heavy atom. The molecule has 1 saturated heterocycles. The molecule has 1 aliphatic heterocycles. The van der Waals surface area contributed by atoms with Gasteiger partial charge in [0.15, 0.2) is 0 Å². The molecule has 0 saturated carbocycles. The molecule has 3 aromatic carbocycles. The molecule has 0 amide bonds. The monoisotopic (exact) mass is 427 g/mol. The molecule has 1 aliphatic rings. The van der Waals surface area contributed by atoms with Crippen molar-refractivity contribution in [1.82, 2.24) is 14.7 Å². The second-order valence-corrected chi connectivity index (χ2v) is 8.03. The van der Waals surface area contributed by atoms with E-state index < -0.39 is 0 Å². The van der Waals surface area contributed by atoms with Crippen LogP contribution in [-0.4, -0.2) is 47.5 Å². The highest BCUT2D eigenvalue weighted by Gasteiger charge is 2.19. The molecule has 5 rings (SSSR count). The van der Waals surface area contributed by atoms with Crippen LogP contribution < -0.4 is 0 Å². The third-order valence-electron chi connectivity index (χ3n) is 5.99. The Morgan fingerprint density at radius 2 is 1.50 bits per heavy atom. The van der Waals surface area contributed by atoms with Crippen LogP contribution in [-0.2, 0) is 11.2 Å². The van der Waals surface area contributed by atoms with Gasteiger partial charge in [-0.15, -0.1) is 0 Å². The predicted octanol–water partition coefficient (Wildman–Crippen LogP) is 5.22. The lowest BCUT2D eigenvalue weighted by Gasteiger charge is -2.26. The van der Waals surface area contributed by atoms with Crippen LogP contribution in [0.25, 0.3) is 28.1 Å². The first-order valence-electron chi connectivity index (χ1n) is 11.1. The van der Waals surface area contributed by atoms with Crippen molar-refractivity contribution in [3.05, 3.63) is 96.4 Å². The van der Waals surface area contributed by atoms with E-state index in [1.807, 2.05) is 53.3 Å². The van der Waals surface area contributed by atoms with Gasteiger partial charge in [0.2, 0.25) is 0 Å². The molecule has 1 aromatic heterocycles. The Labute approximate surface area is 187 Å². The SMILES string of the molecule is Fc1ccccc1-c1c(CCN2CCOCC2)cnn1-c1ccc(-c2ccccc2)cc1. The fraction of sp³-hybridized carbons (Fsp3) is 0.222. The first kappa shape index (κ1) is 20.6. The van der Waals surface area contributed by atoms with Crippen molar-refractivity contribution >= 4 is 0 Å². The zero-order valence-electron chi connectivity index (χ0n) is 18.0. The number of ether oxygens (including phenoxy) is 1. The second-order valence-electron chi connectivity index (χ2n) is 8.03. The summed E-state index contributed by atoms with van der Waals surface area (Å²) in [5.74, 6) is -0.234. The number of hydrogen-bond donors (Lipinski definition) is 0. The highest BCUT2D eigenvalue weighted by Crippen LogP contribution is 2.30. The Bertz CT molecular complexity index is 1170. The van der Waals surface area contributed by atoms with E-state index in [-0.39, 0.29) is 5.82 Å². The second kappa shape index (κ2) is 9.47. The summed E-state index contributed by atoms with van der Waals surface area (Å²) in [6, 6.07) is 25.5. The zero-order chi connectivity index (χ0) is 21.8. The molecule has 0 spiro atoms. The maximum Gasteiger partial charge on any atom is 0.132 e. The van der Waals surface area contributed by atoms with Crippen LogP contribution in [0.3, 0.4) is 0 Å². The minimum absolute atomic E-state index is 0.234. The highest BCUT2D eigenvalue weighted by atomic mass is 19.1. The smallest absolute Gasteiger partial charge is 0.132 e. The number of halogens is 1. The van der Waals surface area contributed by atoms with Crippen molar-refractivity contribution in [2.75, 3.05) is 32.8 Å². The average molecular weight is 428 g/mol. The minimum atomic E-state index is -0.234. The van der Waals surface area contributed by atoms with Gasteiger partial charge in [-0.1, -0.05) is 54.6 Å². The fourth-order valence-corrected chi connectivity index (χ4v) is 4.23. The molecule has 32 heavy (non-hydrogen) atoms. The van der Waals surface area contributed by atoms with Gasteiger partial charge in [0.25, 0.3) is 0 Å². The largest absolute Gasteiger partial charge is 0.379 e. The van der Waals surface area contributed by atoms with Crippen LogP contribution in [0.2, 0.25) is 0 Å². The average Bonchev–Trinajstić information content (AvgIpc) is 3.28. The Balaban J connectivity index is 1.49. The van der Waals surface area contributed by atoms with Gasteiger partial charge in [0.1, 0.15) is 5.82 Å². The van der Waals surface area contributed by atoms with Gasteiger partial charge in [-0.2, -0.15) is 5.10 Å². The maximum absolute atomic E-state index is 14.8. The van der Waals surface area contributed by atoms with Gasteiger partial charge < -0.3 is 4.74 Å². The van der Waals surface area contributed by atoms with Gasteiger partial charge in [-0.3, -0.25) is 4.90 Å². The lowest BCUT2D eigenvalue weighted by Crippen LogP contribution is -2.37. The molecule has 0 atom stereocenters. The van der Waals surface area contributed by atoms with Crippen LogP contribution in [0.4, 0.5) is 4.39 Å². The molecule has 0 radical (unpaired) electrons. The number of benzene rings is 3. The third kappa shape index (κ3) is 4.35. The predicted molar refractivity (Wildman–Crippen MR) is 125 cm³/mol. The summed E-state index contributed by atoms with van der Waals surface area (Å²) in [5, 5.41) is 4.68. The molecule has 0 N–H and O–H groups in total. The fourth-order valence-electron chi connectivity index (χ4n) is 4.23. The number of morpholine rings is 1. The molecule has 2 heterocycles. The van der Waals surface area contributed by atoms with Crippen molar-refractivity contribution in [3.8, 4) is 28.1 Å². The van der Waals surface area contributed by atoms with E-state index in [1.165, 1.54) is 11.6 Å². The van der Waals surface area contributed by atoms with E-state index in [9.17, 15) is 4.39 Å². The third-order valence-corrected chi connectivity index (χ3v) is 5.99. The molecule has 162 valence electrons. The molecule has 0 bridgehead atoms. The summed E-state index contributed by atoms with van der Waals surface area (Å²) in [6.45, 7) is 4.32. The van der Waals surface area contributed by atoms with Crippen LogP contribution >= 0.6 is 0 Å². The van der Waals surface area contributed by atoms with Crippen LogP contribution in [0.1, 0.15) is 5.56 Å². The van der Waals surface area contributed by atoms with Gasteiger partial charge in [0, 0.05) is 25.2 Å². The Kier molecular flexibility index (Phi) is 6.10. The van der Waals surface area contributed by atoms with Crippen molar-refractivity contribution in [1.29, 1.82) is 0 Å². The zero-order valence-corrected chi connectivity index (χ0v) is 18.0. The van der Waals surface area contributed by atoms with E-state index >= 15 is 0 Å². The molecule has 0 unspecified atom stereocenters. The highest BCUT2D eigenvalue weighted by molar-refractivity contribution is 5.68. The van der Waals surface area contributed by atoms with E-state index in [0.717, 1.165) is 61.8 Å². The number of nitrogens with zero attached hydrogens (tertiary/aromatic N) is 3. The Morgan fingerprint density at radius 3 is 2.25 bits per heavy atom. The summed E-state index contributed by atoms with van der Waals surface area (Å²) in [6.07, 6.45) is 2.69. The molecule has 4 nitrogen and oxygen atoms in total. The van der Waals surface area contributed by atoms with Crippen molar-refractivity contribution in [2.45, 2.75) is 6.42 Å². The molecular formula is C27H26FN3O. The molecule has 4 aromatic rings. The normalized spacial score (nSPS) is 14.5. The van der Waals surface area contributed by atoms with Crippen LogP contribution in [0.5, 0.6) is 0 Å². The molecular weight excluding hydrogens is 401 g/mol. The summed E-state index contributed by atoms with van der Waals surface area (Å²) in [5.41, 5.74) is 5.67.